The molecule has 0 atom stereocenters. The van der Waals surface area contributed by atoms with Crippen LogP contribution in [0.3, 0.4) is 0 Å². The van der Waals surface area contributed by atoms with E-state index in [4.69, 9.17) is 9.97 Å². The lowest BCUT2D eigenvalue weighted by atomic mass is 9.97. The minimum atomic E-state index is 0.659. The molecule has 3 aromatic heterocycles. The molecule has 242 valence electrons. The van der Waals surface area contributed by atoms with Gasteiger partial charge in [-0.15, -0.1) is 11.3 Å². The molecule has 0 saturated carbocycles. The maximum atomic E-state index is 5.39. The largest absolute Gasteiger partial charge is 0.277 e. The van der Waals surface area contributed by atoms with Crippen LogP contribution in [0.5, 0.6) is 0 Å². The quantitative estimate of drug-likeness (QED) is 0.185. The summed E-state index contributed by atoms with van der Waals surface area (Å²) in [6.45, 7) is 0. The fourth-order valence-corrected chi connectivity index (χ4v) is 9.09. The maximum Gasteiger partial charge on any atom is 0.235 e. The molecule has 3 heterocycles. The number of rotatable bonds is 4. The molecule has 0 spiro atoms. The van der Waals surface area contributed by atoms with Gasteiger partial charge in [-0.25, -0.2) is 9.97 Å². The second-order valence-corrected chi connectivity index (χ2v) is 14.5. The molecule has 0 aliphatic carbocycles. The van der Waals surface area contributed by atoms with E-state index in [2.05, 4.69) is 174 Å². The number of para-hydroxylation sites is 2. The summed E-state index contributed by atoms with van der Waals surface area (Å²) in [5.41, 5.74) is 9.78. The Morgan fingerprint density at radius 1 is 0.404 bits per heavy atom. The van der Waals surface area contributed by atoms with Crippen LogP contribution in [0.15, 0.2) is 176 Å². The highest BCUT2D eigenvalue weighted by molar-refractivity contribution is 7.25. The first-order valence-corrected chi connectivity index (χ1v) is 18.4. The zero-order valence-corrected chi connectivity index (χ0v) is 28.8. The van der Waals surface area contributed by atoms with Crippen LogP contribution in [-0.4, -0.2) is 14.5 Å². The molecular formula is C48H29N3S. The highest BCUT2D eigenvalue weighted by atomic mass is 32.1. The van der Waals surface area contributed by atoms with E-state index >= 15 is 0 Å². The van der Waals surface area contributed by atoms with Gasteiger partial charge >= 0.3 is 0 Å². The van der Waals surface area contributed by atoms with E-state index in [1.807, 2.05) is 17.4 Å². The minimum absolute atomic E-state index is 0.659. The summed E-state index contributed by atoms with van der Waals surface area (Å²) in [5.74, 6) is 0.659. The minimum Gasteiger partial charge on any atom is -0.277 e. The van der Waals surface area contributed by atoms with E-state index in [0.29, 0.717) is 5.95 Å². The van der Waals surface area contributed by atoms with Crippen molar-refractivity contribution in [3.63, 3.8) is 0 Å². The lowest BCUT2D eigenvalue weighted by Crippen LogP contribution is -2.04. The first kappa shape index (κ1) is 29.1. The predicted molar refractivity (Wildman–Crippen MR) is 221 cm³/mol. The summed E-state index contributed by atoms with van der Waals surface area (Å²) >= 11 is 1.86. The molecule has 8 aromatic carbocycles. The third kappa shape index (κ3) is 4.51. The van der Waals surface area contributed by atoms with Crippen molar-refractivity contribution in [2.24, 2.45) is 0 Å². The number of benzene rings is 8. The Kier molecular flexibility index (Phi) is 6.42. The van der Waals surface area contributed by atoms with Gasteiger partial charge in [-0.3, -0.25) is 4.57 Å². The molecule has 4 heteroatoms. The van der Waals surface area contributed by atoms with Crippen molar-refractivity contribution in [3.05, 3.63) is 176 Å². The highest BCUT2D eigenvalue weighted by Crippen LogP contribution is 2.42. The van der Waals surface area contributed by atoms with E-state index in [1.54, 1.807) is 0 Å². The first-order chi connectivity index (χ1) is 25.8. The molecule has 0 bridgehead atoms. The smallest absolute Gasteiger partial charge is 0.235 e. The Balaban J connectivity index is 1.18. The summed E-state index contributed by atoms with van der Waals surface area (Å²) < 4.78 is 4.92. The van der Waals surface area contributed by atoms with Gasteiger partial charge in [0.25, 0.3) is 0 Å². The number of nitrogens with zero attached hydrogens (tertiary/aromatic N) is 3. The van der Waals surface area contributed by atoms with Crippen LogP contribution in [0.25, 0.3) is 103 Å². The molecule has 0 fully saturated rings. The van der Waals surface area contributed by atoms with Gasteiger partial charge in [0.1, 0.15) is 0 Å². The Morgan fingerprint density at radius 3 is 1.98 bits per heavy atom. The van der Waals surface area contributed by atoms with Gasteiger partial charge < -0.3 is 0 Å². The summed E-state index contributed by atoms with van der Waals surface area (Å²) in [4.78, 5) is 10.7. The standard InChI is InChI=1S/C48H29N3S/c1-2-12-30(13-3-1)46-40-19-6-8-22-42(40)49-48(50-46)51-43-28-33-15-5-4-14-32(33)27-41(43)39-21-11-20-36(47(39)51)35-17-10-16-31(26-35)34-24-25-38-37-18-7-9-23-44(37)52-45(38)29-34/h1-29H. The van der Waals surface area contributed by atoms with Gasteiger partial charge in [0.2, 0.25) is 5.95 Å². The number of thiophene rings is 1. The number of fused-ring (bicyclic) bond motifs is 8. The van der Waals surface area contributed by atoms with Gasteiger partial charge in [0.15, 0.2) is 0 Å². The van der Waals surface area contributed by atoms with Crippen LogP contribution >= 0.6 is 11.3 Å². The molecule has 0 aliphatic rings. The van der Waals surface area contributed by atoms with Crippen LogP contribution in [0.4, 0.5) is 0 Å². The second kappa shape index (κ2) is 11.5. The average molecular weight is 680 g/mol. The summed E-state index contributed by atoms with van der Waals surface area (Å²) in [5, 5.41) is 8.42. The SMILES string of the molecule is c1ccc(-c2nc(-n3c4cc5ccccc5cc4c4cccc(-c5cccc(-c6ccc7c(c6)sc6ccccc67)c5)c43)nc3ccccc23)cc1. The van der Waals surface area contributed by atoms with Gasteiger partial charge in [-0.05, 0) is 63.9 Å². The Hall–Kier alpha value is -6.62. The molecule has 3 nitrogen and oxygen atoms in total. The molecule has 52 heavy (non-hydrogen) atoms. The molecule has 0 amide bonds. The summed E-state index contributed by atoms with van der Waals surface area (Å²) in [6.07, 6.45) is 0. The zero-order chi connectivity index (χ0) is 34.2. The van der Waals surface area contributed by atoms with Crippen LogP contribution in [0, 0.1) is 0 Å². The van der Waals surface area contributed by atoms with Gasteiger partial charge in [0, 0.05) is 47.5 Å². The second-order valence-electron chi connectivity index (χ2n) is 13.4. The molecule has 0 radical (unpaired) electrons. The number of aromatic nitrogens is 3. The lowest BCUT2D eigenvalue weighted by Gasteiger charge is -2.14. The Bertz CT molecular complexity index is 3190. The van der Waals surface area contributed by atoms with Crippen molar-refractivity contribution in [1.29, 1.82) is 0 Å². The van der Waals surface area contributed by atoms with Crippen molar-refractivity contribution in [2.75, 3.05) is 0 Å². The molecule has 11 rings (SSSR count). The van der Waals surface area contributed by atoms with Gasteiger partial charge in [-0.1, -0.05) is 140 Å². The van der Waals surface area contributed by atoms with Crippen LogP contribution in [-0.2, 0) is 0 Å². The Morgan fingerprint density at radius 2 is 1.08 bits per heavy atom. The highest BCUT2D eigenvalue weighted by Gasteiger charge is 2.21. The molecular weight excluding hydrogens is 651 g/mol. The summed E-state index contributed by atoms with van der Waals surface area (Å²) in [7, 11) is 0. The van der Waals surface area contributed by atoms with E-state index in [1.165, 1.54) is 52.8 Å². The van der Waals surface area contributed by atoms with Crippen molar-refractivity contribution in [2.45, 2.75) is 0 Å². The zero-order valence-electron chi connectivity index (χ0n) is 28.0. The van der Waals surface area contributed by atoms with Crippen molar-refractivity contribution in [3.8, 4) is 39.5 Å². The first-order valence-electron chi connectivity index (χ1n) is 17.6. The third-order valence-corrected chi connectivity index (χ3v) is 11.5. The molecule has 0 N–H and O–H groups in total. The number of hydrogen-bond acceptors (Lipinski definition) is 3. The third-order valence-electron chi connectivity index (χ3n) is 10.4. The fraction of sp³-hybridized carbons (Fsp3) is 0. The fourth-order valence-electron chi connectivity index (χ4n) is 7.94. The van der Waals surface area contributed by atoms with Crippen LogP contribution < -0.4 is 0 Å². The van der Waals surface area contributed by atoms with Crippen molar-refractivity contribution < 1.29 is 0 Å². The maximum absolute atomic E-state index is 5.39. The average Bonchev–Trinajstić information content (AvgIpc) is 3.75. The monoisotopic (exact) mass is 679 g/mol. The normalized spacial score (nSPS) is 11.8. The van der Waals surface area contributed by atoms with Crippen molar-refractivity contribution >= 4 is 75.0 Å². The lowest BCUT2D eigenvalue weighted by molar-refractivity contribution is 1.01. The van der Waals surface area contributed by atoms with E-state index < -0.39 is 0 Å². The van der Waals surface area contributed by atoms with Crippen LogP contribution in [0.1, 0.15) is 0 Å². The van der Waals surface area contributed by atoms with E-state index in [9.17, 15) is 0 Å². The topological polar surface area (TPSA) is 30.7 Å². The molecule has 11 aromatic rings. The molecule has 0 saturated heterocycles. The molecule has 0 aliphatic heterocycles. The van der Waals surface area contributed by atoms with E-state index in [0.717, 1.165) is 44.3 Å². The van der Waals surface area contributed by atoms with Crippen molar-refractivity contribution in [1.82, 2.24) is 14.5 Å². The Labute approximate surface area is 303 Å². The van der Waals surface area contributed by atoms with Crippen LogP contribution in [0.2, 0.25) is 0 Å². The molecule has 0 unspecified atom stereocenters. The number of hydrogen-bond donors (Lipinski definition) is 0. The van der Waals surface area contributed by atoms with Gasteiger partial charge in [-0.2, -0.15) is 0 Å². The van der Waals surface area contributed by atoms with E-state index in [-0.39, 0.29) is 0 Å². The predicted octanol–water partition coefficient (Wildman–Crippen LogP) is 13.2. The van der Waals surface area contributed by atoms with Gasteiger partial charge in [0.05, 0.1) is 22.2 Å². The summed E-state index contributed by atoms with van der Waals surface area (Å²) in [6, 6.07) is 63.2.